The molecule has 0 N–H and O–H groups in total. The zero-order valence-electron chi connectivity index (χ0n) is 55.3. The fraction of sp³-hybridized carbons (Fsp3) is 0.411. The molecule has 1 aliphatic rings. The predicted octanol–water partition coefficient (Wildman–Crippen LogP) is 18.9. The van der Waals surface area contributed by atoms with Crippen LogP contribution in [0.15, 0.2) is 94.3 Å². The maximum atomic E-state index is 12.8. The zero-order valence-corrected chi connectivity index (χ0v) is 65.9. The molecule has 2 radical (unpaired) electrons. The average Bonchev–Trinajstić information content (AvgIpc) is 1.96. The van der Waals surface area contributed by atoms with Crippen LogP contribution < -0.4 is 37.7 Å². The topological polar surface area (TPSA) is 34.1 Å². The second-order valence-electron chi connectivity index (χ2n) is 24.7. The summed E-state index contributed by atoms with van der Waals surface area (Å²) in [5.74, 6) is 7.83. The van der Waals surface area contributed by atoms with E-state index in [9.17, 15) is 9.59 Å². The number of fused-ring (bicyclic) bond motifs is 8. The molecular formula is C73H88Cl2Li2O2S4Si3Sn. The Kier molecular flexibility index (Phi) is 31.1. The number of halogens is 2. The van der Waals surface area contributed by atoms with Gasteiger partial charge < -0.3 is 18.9 Å². The minimum Gasteiger partial charge on any atom is 1.00 e. The van der Waals surface area contributed by atoms with Crippen LogP contribution in [0.1, 0.15) is 186 Å². The summed E-state index contributed by atoms with van der Waals surface area (Å²) in [6, 6.07) is 29.4. The quantitative estimate of drug-likeness (QED) is 0.0499. The molecule has 0 aliphatic heterocycles. The summed E-state index contributed by atoms with van der Waals surface area (Å²) in [5.41, 5.74) is 19.2. The van der Waals surface area contributed by atoms with Crippen LogP contribution in [0.2, 0.25) is 51.4 Å². The Hall–Kier alpha value is -2.30. The normalized spacial score (nSPS) is 12.1. The van der Waals surface area contributed by atoms with Crippen molar-refractivity contribution in [2.45, 2.75) is 194 Å². The molecule has 0 saturated carbocycles. The number of unbranched alkanes of at least 4 members (excludes halogenated alkanes) is 1. The SMILES string of the molecule is CC(C)[Si](C#Cc1c2cc3ccsc3cc2c(C#C[Si](C(C)C)(C(C)C)C(C)C)c2cc3sccc3cc12)(C(C)C)C(C)C.O=C1c2cc3ccsc3cc2C(=O)c2cc3sccc3cc21.[C-]#C[Si](CCC)(CCC)CCC.[CH2-]CCC.[Cl][Sn][Cl].[Li+].[Li+]. The van der Waals surface area contributed by atoms with Gasteiger partial charge in [-0.3, -0.25) is 9.59 Å². The van der Waals surface area contributed by atoms with E-state index in [2.05, 4.69) is 193 Å². The van der Waals surface area contributed by atoms with Gasteiger partial charge in [-0.15, -0.1) is 56.4 Å². The van der Waals surface area contributed by atoms with Crippen LogP contribution in [0.25, 0.3) is 61.9 Å². The van der Waals surface area contributed by atoms with E-state index in [4.69, 9.17) is 24.3 Å². The molecule has 14 heteroatoms. The molecule has 5 aromatic carbocycles. The third-order valence-electron chi connectivity index (χ3n) is 17.8. The van der Waals surface area contributed by atoms with Crippen LogP contribution >= 0.6 is 63.2 Å². The number of rotatable bonds is 13. The summed E-state index contributed by atoms with van der Waals surface area (Å²) in [6.07, 6.45) is 13.4. The molecule has 0 amide bonds. The molecule has 4 aromatic heterocycles. The summed E-state index contributed by atoms with van der Waals surface area (Å²) in [4.78, 5) is 25.7. The van der Waals surface area contributed by atoms with Gasteiger partial charge in [0, 0.05) is 63.0 Å². The van der Waals surface area contributed by atoms with E-state index in [-0.39, 0.29) is 49.3 Å². The Morgan fingerprint density at radius 2 is 0.713 bits per heavy atom. The van der Waals surface area contributed by atoms with Gasteiger partial charge in [0.25, 0.3) is 0 Å². The molecule has 2 nitrogen and oxygen atoms in total. The first-order valence-corrected chi connectivity index (χ1v) is 48.5. The molecule has 448 valence electrons. The van der Waals surface area contributed by atoms with Crippen molar-refractivity contribution in [1.29, 1.82) is 0 Å². The predicted molar refractivity (Wildman–Crippen MR) is 394 cm³/mol. The van der Waals surface area contributed by atoms with Crippen molar-refractivity contribution in [1.82, 2.24) is 0 Å². The van der Waals surface area contributed by atoms with Gasteiger partial charge in [0.1, 0.15) is 16.1 Å². The van der Waals surface area contributed by atoms with E-state index in [1.165, 1.54) is 96.7 Å². The molecule has 4 heterocycles. The molecule has 0 bridgehead atoms. The summed E-state index contributed by atoms with van der Waals surface area (Å²) in [6.45, 7) is 41.3. The van der Waals surface area contributed by atoms with Crippen molar-refractivity contribution in [2.24, 2.45) is 0 Å². The molecule has 0 saturated heterocycles. The number of thiophene rings is 4. The van der Waals surface area contributed by atoms with Crippen LogP contribution in [0, 0.1) is 41.8 Å². The van der Waals surface area contributed by atoms with Gasteiger partial charge >= 0.3 is 74.5 Å². The van der Waals surface area contributed by atoms with E-state index in [0.717, 1.165) is 26.6 Å². The summed E-state index contributed by atoms with van der Waals surface area (Å²) < 4.78 is 4.74. The van der Waals surface area contributed by atoms with Crippen LogP contribution in [0.4, 0.5) is 0 Å². The van der Waals surface area contributed by atoms with Crippen molar-refractivity contribution in [3.8, 4) is 28.5 Å². The monoisotopic (exact) mass is 1410 g/mol. The Morgan fingerprint density at radius 3 is 0.966 bits per heavy atom. The fourth-order valence-corrected chi connectivity index (χ4v) is 31.3. The zero-order chi connectivity index (χ0) is 62.6. The average molecular weight is 1410 g/mol. The number of ketones is 2. The molecule has 10 rings (SSSR count). The minimum absolute atomic E-state index is 0. The van der Waals surface area contributed by atoms with Crippen molar-refractivity contribution in [2.75, 3.05) is 0 Å². The van der Waals surface area contributed by atoms with E-state index < -0.39 is 43.1 Å². The maximum Gasteiger partial charge on any atom is 1.00 e. The number of hydrogen-bond acceptors (Lipinski definition) is 6. The van der Waals surface area contributed by atoms with Crippen LogP contribution in [0.3, 0.4) is 0 Å². The van der Waals surface area contributed by atoms with Gasteiger partial charge in [0.05, 0.1) is 8.07 Å². The van der Waals surface area contributed by atoms with E-state index in [1.54, 1.807) is 22.7 Å². The summed E-state index contributed by atoms with van der Waals surface area (Å²) >= 11 is 6.00. The second kappa shape index (κ2) is 35.1. The van der Waals surface area contributed by atoms with E-state index in [1.807, 2.05) is 69.8 Å². The molecule has 9 aromatic rings. The fourth-order valence-electron chi connectivity index (χ4n) is 13.7. The van der Waals surface area contributed by atoms with Gasteiger partial charge in [0.2, 0.25) is 0 Å². The van der Waals surface area contributed by atoms with Gasteiger partial charge in [-0.2, -0.15) is 6.42 Å². The third-order valence-corrected chi connectivity index (χ3v) is 38.8. The number of hydrogen-bond donors (Lipinski definition) is 0. The Labute approximate surface area is 584 Å². The largest absolute Gasteiger partial charge is 1.00 e. The van der Waals surface area contributed by atoms with Crippen molar-refractivity contribution in [3.63, 3.8) is 0 Å². The second-order valence-corrected chi connectivity index (χ2v) is 48.2. The van der Waals surface area contributed by atoms with Gasteiger partial charge in [-0.1, -0.05) is 148 Å². The van der Waals surface area contributed by atoms with Crippen molar-refractivity contribution in [3.05, 3.63) is 141 Å². The van der Waals surface area contributed by atoms with Crippen LogP contribution in [-0.2, 0) is 0 Å². The molecule has 0 fully saturated rings. The Bertz CT molecular complexity index is 3490. The molecule has 0 unspecified atom stereocenters. The van der Waals surface area contributed by atoms with Crippen LogP contribution in [-0.4, -0.2) is 54.7 Å². The molecule has 1 aliphatic carbocycles. The Morgan fingerprint density at radius 1 is 0.460 bits per heavy atom. The number of carbonyl (C=O) groups excluding carboxylic acids is 2. The number of carbonyl (C=O) groups is 2. The standard InChI is InChI=1S/C40H50S2Si2.C18H8O2S2.C11H21Si.C4H9.2ClH.2Li.Sn/c1-25(2)43(26(3)4,27(5)6)19-15-33-35-21-31-13-17-41-39(31)23-37(35)34(16-20-44(28(7)8,29(9)10)30(11)12)38-24-40-32(14-18-42-40)22-36(33)38;19-17-11-5-9-1-3-21-15(9)7-13(11)18(20)14-8-16-10(2-4-22-16)6-12(14)17;1-5-9-12(8-4,10-6-2)11-7-3;1-3-4-2;;;;;/h13-14,17-18,21-30H,1-12H3;1-8H;5-7,9-11H2,1-3H3;1,3-4H2,2H3;2*1H;;;/q;;2*-1;;;2*+1;+2/p-2. The van der Waals surface area contributed by atoms with Gasteiger partial charge in [0.15, 0.2) is 11.6 Å². The maximum absolute atomic E-state index is 12.8. The number of benzene rings is 5. The van der Waals surface area contributed by atoms with E-state index in [0.29, 0.717) is 55.5 Å². The Balaban J connectivity index is 0.000000310. The molecule has 0 atom stereocenters. The van der Waals surface area contributed by atoms with Crippen molar-refractivity contribution >= 4 is 180 Å². The van der Waals surface area contributed by atoms with Gasteiger partial charge in [-0.25, -0.2) is 0 Å². The first-order chi connectivity index (χ1) is 40.5. The third kappa shape index (κ3) is 16.9. The van der Waals surface area contributed by atoms with E-state index >= 15 is 0 Å². The molecule has 0 spiro atoms. The minimum atomic E-state index is -1.94. The molecule has 87 heavy (non-hydrogen) atoms. The van der Waals surface area contributed by atoms with Crippen LogP contribution in [0.5, 0.6) is 0 Å². The first kappa shape index (κ1) is 77.2. The van der Waals surface area contributed by atoms with Crippen molar-refractivity contribution < 1.29 is 47.3 Å². The summed E-state index contributed by atoms with van der Waals surface area (Å²) in [5, 5.41) is 18.1. The summed E-state index contributed by atoms with van der Waals surface area (Å²) in [7, 11) is 4.64. The smallest absolute Gasteiger partial charge is 1.00 e. The molecular weight excluding hydrogens is 1320 g/mol. The van der Waals surface area contributed by atoms with Gasteiger partial charge in [-0.05, 0) is 178 Å². The first-order valence-electron chi connectivity index (χ1n) is 30.7.